The largest absolute Gasteiger partial charge is 0.367 e. The van der Waals surface area contributed by atoms with Crippen molar-refractivity contribution < 1.29 is 9.53 Å². The fourth-order valence-corrected chi connectivity index (χ4v) is 2.10. The molecule has 0 aromatic carbocycles. The summed E-state index contributed by atoms with van der Waals surface area (Å²) in [5.74, 6) is 0.158. The average molecular weight is 233 g/mol. The highest BCUT2D eigenvalue weighted by molar-refractivity contribution is 5.85. The topological polar surface area (TPSA) is 39.2 Å². The van der Waals surface area contributed by atoms with Crippen molar-refractivity contribution in [3.8, 4) is 0 Å². The van der Waals surface area contributed by atoms with Crippen molar-refractivity contribution in [1.29, 1.82) is 0 Å². The van der Waals surface area contributed by atoms with Crippen LogP contribution in [0, 0.1) is 0 Å². The maximum atomic E-state index is 11.9. The molecule has 92 valence electrons. The Hall–Kier alpha value is -1.22. The molecule has 3 heteroatoms. The smallest absolute Gasteiger partial charge is 0.167 e. The minimum atomic E-state index is -0.211. The van der Waals surface area contributed by atoms with E-state index in [1.807, 2.05) is 25.3 Å². The van der Waals surface area contributed by atoms with Crippen LogP contribution in [-0.2, 0) is 22.4 Å². The quantitative estimate of drug-likeness (QED) is 0.801. The monoisotopic (exact) mass is 233 g/mol. The number of ether oxygens (including phenoxy) is 1. The van der Waals surface area contributed by atoms with Crippen LogP contribution in [0.4, 0.5) is 0 Å². The first-order valence-electron chi connectivity index (χ1n) is 6.31. The molecule has 0 spiro atoms. The molecule has 3 nitrogen and oxygen atoms in total. The van der Waals surface area contributed by atoms with Crippen molar-refractivity contribution >= 4 is 5.78 Å². The van der Waals surface area contributed by atoms with Crippen LogP contribution in [0.2, 0.25) is 0 Å². The van der Waals surface area contributed by atoms with E-state index in [0.29, 0.717) is 6.42 Å². The van der Waals surface area contributed by atoms with Gasteiger partial charge in [0.25, 0.3) is 0 Å². The lowest BCUT2D eigenvalue weighted by atomic mass is 10.1. The highest BCUT2D eigenvalue weighted by atomic mass is 16.5. The minimum absolute atomic E-state index is 0.158. The summed E-state index contributed by atoms with van der Waals surface area (Å²) in [7, 11) is 0. The SMILES string of the molecule is CCc1ccc(CC(=O)C2CCC(C)O2)nc1. The number of hydrogen-bond acceptors (Lipinski definition) is 3. The summed E-state index contributed by atoms with van der Waals surface area (Å²) in [6.07, 6.45) is 5.06. The van der Waals surface area contributed by atoms with Gasteiger partial charge in [-0.15, -0.1) is 0 Å². The van der Waals surface area contributed by atoms with Crippen LogP contribution < -0.4 is 0 Å². The summed E-state index contributed by atoms with van der Waals surface area (Å²) in [6.45, 7) is 4.11. The Kier molecular flexibility index (Phi) is 3.89. The van der Waals surface area contributed by atoms with E-state index in [1.54, 1.807) is 0 Å². The number of aryl methyl sites for hydroxylation is 1. The molecule has 1 aromatic heterocycles. The zero-order valence-corrected chi connectivity index (χ0v) is 10.5. The van der Waals surface area contributed by atoms with E-state index in [9.17, 15) is 4.79 Å². The fraction of sp³-hybridized carbons (Fsp3) is 0.571. The molecule has 0 radical (unpaired) electrons. The highest BCUT2D eigenvalue weighted by Gasteiger charge is 2.27. The molecule has 1 aromatic rings. The second kappa shape index (κ2) is 5.41. The van der Waals surface area contributed by atoms with Gasteiger partial charge in [-0.2, -0.15) is 0 Å². The Balaban J connectivity index is 1.93. The van der Waals surface area contributed by atoms with Crippen LogP contribution >= 0.6 is 0 Å². The van der Waals surface area contributed by atoms with E-state index in [1.165, 1.54) is 5.56 Å². The summed E-state index contributed by atoms with van der Waals surface area (Å²) < 4.78 is 5.56. The lowest BCUT2D eigenvalue weighted by molar-refractivity contribution is -0.128. The van der Waals surface area contributed by atoms with Gasteiger partial charge in [-0.25, -0.2) is 0 Å². The Morgan fingerprint density at radius 3 is 2.82 bits per heavy atom. The van der Waals surface area contributed by atoms with Crippen molar-refractivity contribution in [3.63, 3.8) is 0 Å². The second-order valence-corrected chi connectivity index (χ2v) is 4.67. The molecule has 1 saturated heterocycles. The predicted octanol–water partition coefficient (Wildman–Crippen LogP) is 2.32. The summed E-state index contributed by atoms with van der Waals surface area (Å²) in [5.41, 5.74) is 2.04. The molecule has 0 bridgehead atoms. The number of Topliss-reactive ketones (excluding diaryl/α,β-unsaturated/α-hetero) is 1. The van der Waals surface area contributed by atoms with Crippen molar-refractivity contribution in [3.05, 3.63) is 29.6 Å². The maximum absolute atomic E-state index is 11.9. The molecule has 1 aliphatic rings. The Morgan fingerprint density at radius 2 is 2.29 bits per heavy atom. The van der Waals surface area contributed by atoms with Gasteiger partial charge in [-0.05, 0) is 37.8 Å². The normalized spacial score (nSPS) is 23.9. The first-order chi connectivity index (χ1) is 8.19. The van der Waals surface area contributed by atoms with Gasteiger partial charge >= 0.3 is 0 Å². The Bertz CT molecular complexity index is 386. The molecule has 2 heterocycles. The van der Waals surface area contributed by atoms with Crippen molar-refractivity contribution in [2.24, 2.45) is 0 Å². The molecule has 17 heavy (non-hydrogen) atoms. The Morgan fingerprint density at radius 1 is 1.47 bits per heavy atom. The number of aromatic nitrogens is 1. The first-order valence-corrected chi connectivity index (χ1v) is 6.31. The number of carbonyl (C=O) groups is 1. The van der Waals surface area contributed by atoms with Gasteiger partial charge in [0.15, 0.2) is 5.78 Å². The van der Waals surface area contributed by atoms with E-state index in [0.717, 1.165) is 25.0 Å². The van der Waals surface area contributed by atoms with Gasteiger partial charge in [0, 0.05) is 11.9 Å². The number of hydrogen-bond donors (Lipinski definition) is 0. The third kappa shape index (κ3) is 3.13. The van der Waals surface area contributed by atoms with Crippen LogP contribution in [0.5, 0.6) is 0 Å². The van der Waals surface area contributed by atoms with Gasteiger partial charge in [0.05, 0.1) is 12.5 Å². The molecule has 2 rings (SSSR count). The molecule has 2 unspecified atom stereocenters. The van der Waals surface area contributed by atoms with Crippen LogP contribution in [0.15, 0.2) is 18.3 Å². The molecule has 0 N–H and O–H groups in total. The zero-order valence-electron chi connectivity index (χ0n) is 10.5. The van der Waals surface area contributed by atoms with Gasteiger partial charge in [0.2, 0.25) is 0 Å². The summed E-state index contributed by atoms with van der Waals surface area (Å²) in [4.78, 5) is 16.3. The predicted molar refractivity (Wildman–Crippen MR) is 65.9 cm³/mol. The van der Waals surface area contributed by atoms with Crippen molar-refractivity contribution in [2.45, 2.75) is 51.7 Å². The highest BCUT2D eigenvalue weighted by Crippen LogP contribution is 2.20. The van der Waals surface area contributed by atoms with Gasteiger partial charge in [0.1, 0.15) is 6.10 Å². The van der Waals surface area contributed by atoms with E-state index in [-0.39, 0.29) is 18.0 Å². The summed E-state index contributed by atoms with van der Waals surface area (Å²) in [6, 6.07) is 3.98. The van der Waals surface area contributed by atoms with Gasteiger partial charge < -0.3 is 4.74 Å². The summed E-state index contributed by atoms with van der Waals surface area (Å²) >= 11 is 0. The summed E-state index contributed by atoms with van der Waals surface area (Å²) in [5, 5.41) is 0. The number of pyridine rings is 1. The third-order valence-corrected chi connectivity index (χ3v) is 3.24. The standard InChI is InChI=1S/C14H19NO2/c1-3-11-5-6-12(15-9-11)8-13(16)14-7-4-10(2)17-14/h5-6,9-10,14H,3-4,7-8H2,1-2H3. The average Bonchev–Trinajstić information content (AvgIpc) is 2.77. The van der Waals surface area contributed by atoms with Gasteiger partial charge in [-0.3, -0.25) is 9.78 Å². The lowest BCUT2D eigenvalue weighted by Gasteiger charge is -2.09. The number of carbonyl (C=O) groups excluding carboxylic acids is 1. The third-order valence-electron chi connectivity index (χ3n) is 3.24. The molecule has 2 atom stereocenters. The lowest BCUT2D eigenvalue weighted by Crippen LogP contribution is -2.22. The second-order valence-electron chi connectivity index (χ2n) is 4.67. The van der Waals surface area contributed by atoms with Crippen molar-refractivity contribution in [1.82, 2.24) is 4.98 Å². The number of rotatable bonds is 4. The molecule has 0 aliphatic carbocycles. The molecule has 1 fully saturated rings. The van der Waals surface area contributed by atoms with E-state index in [4.69, 9.17) is 4.74 Å². The van der Waals surface area contributed by atoms with Gasteiger partial charge in [-0.1, -0.05) is 13.0 Å². The van der Waals surface area contributed by atoms with Crippen LogP contribution in [0.1, 0.15) is 37.9 Å². The molecule has 0 amide bonds. The van der Waals surface area contributed by atoms with E-state index >= 15 is 0 Å². The van der Waals surface area contributed by atoms with Crippen LogP contribution in [-0.4, -0.2) is 23.0 Å². The Labute approximate surface area is 102 Å². The minimum Gasteiger partial charge on any atom is -0.367 e. The fourth-order valence-electron chi connectivity index (χ4n) is 2.10. The maximum Gasteiger partial charge on any atom is 0.167 e. The van der Waals surface area contributed by atoms with Crippen LogP contribution in [0.3, 0.4) is 0 Å². The molecule has 1 aliphatic heterocycles. The van der Waals surface area contributed by atoms with E-state index in [2.05, 4.69) is 11.9 Å². The van der Waals surface area contributed by atoms with Crippen molar-refractivity contribution in [2.75, 3.05) is 0 Å². The van der Waals surface area contributed by atoms with Crippen LogP contribution in [0.25, 0.3) is 0 Å². The molecular formula is C14H19NO2. The first kappa shape index (κ1) is 12.2. The van der Waals surface area contributed by atoms with E-state index < -0.39 is 0 Å². The number of nitrogens with zero attached hydrogens (tertiary/aromatic N) is 1. The molecule has 0 saturated carbocycles. The number of ketones is 1. The molecular weight excluding hydrogens is 214 g/mol. The zero-order chi connectivity index (χ0) is 12.3.